The number of para-hydroxylation sites is 1. The zero-order valence-corrected chi connectivity index (χ0v) is 24.9. The molecule has 2 saturated heterocycles. The Balaban J connectivity index is 1.21. The number of hydrogen-bond donors (Lipinski definition) is 2. The number of nitrogens with zero attached hydrogens (tertiary/aromatic N) is 6. The van der Waals surface area contributed by atoms with Crippen molar-refractivity contribution in [2.45, 2.75) is 38.9 Å². The van der Waals surface area contributed by atoms with Crippen LogP contribution >= 0.6 is 0 Å². The van der Waals surface area contributed by atoms with Crippen molar-refractivity contribution in [1.82, 2.24) is 29.3 Å². The first-order valence-corrected chi connectivity index (χ1v) is 14.4. The summed E-state index contributed by atoms with van der Waals surface area (Å²) in [6.07, 6.45) is 3.00. The summed E-state index contributed by atoms with van der Waals surface area (Å²) in [7, 11) is 0. The molecule has 44 heavy (non-hydrogen) atoms. The summed E-state index contributed by atoms with van der Waals surface area (Å²) >= 11 is 0. The number of anilines is 1. The molecule has 226 valence electrons. The van der Waals surface area contributed by atoms with E-state index in [-0.39, 0.29) is 23.4 Å². The van der Waals surface area contributed by atoms with Crippen LogP contribution < -0.4 is 21.5 Å². The molecular weight excluding hydrogens is 560 g/mol. The molecule has 2 fully saturated rings. The van der Waals surface area contributed by atoms with Gasteiger partial charge < -0.3 is 20.5 Å². The maximum atomic E-state index is 13.8. The number of ether oxygens (including phenoxy) is 2. The van der Waals surface area contributed by atoms with Crippen molar-refractivity contribution < 1.29 is 14.3 Å². The van der Waals surface area contributed by atoms with Crippen LogP contribution in [0.15, 0.2) is 77.4 Å². The lowest BCUT2D eigenvalue weighted by molar-refractivity contribution is -0.204. The quantitative estimate of drug-likeness (QED) is 0.220. The highest BCUT2D eigenvalue weighted by Crippen LogP contribution is 2.41. The van der Waals surface area contributed by atoms with Crippen LogP contribution in [0.25, 0.3) is 16.9 Å². The highest BCUT2D eigenvalue weighted by molar-refractivity contribution is 5.97. The van der Waals surface area contributed by atoms with Gasteiger partial charge in [0.25, 0.3) is 5.91 Å². The van der Waals surface area contributed by atoms with E-state index in [0.717, 1.165) is 26.3 Å². The lowest BCUT2D eigenvalue weighted by Crippen LogP contribution is -2.70. The van der Waals surface area contributed by atoms with Gasteiger partial charge in [0.2, 0.25) is 0 Å². The van der Waals surface area contributed by atoms with Gasteiger partial charge in [-0.3, -0.25) is 18.8 Å². The van der Waals surface area contributed by atoms with Crippen LogP contribution in [0.5, 0.6) is 11.5 Å². The molecule has 1 atom stereocenters. The Labute approximate surface area is 254 Å². The number of fused-ring (bicyclic) bond motifs is 1. The second-order valence-corrected chi connectivity index (χ2v) is 12.1. The summed E-state index contributed by atoms with van der Waals surface area (Å²) in [4.78, 5) is 37.7. The van der Waals surface area contributed by atoms with Crippen LogP contribution in [0.3, 0.4) is 0 Å². The predicted molar refractivity (Wildman–Crippen MR) is 164 cm³/mol. The molecule has 12 nitrogen and oxygen atoms in total. The Kier molecular flexibility index (Phi) is 7.44. The number of carbonyl (C=O) groups excluding carboxylic acids is 1. The Hall–Kier alpha value is -4.99. The maximum Gasteiger partial charge on any atom is 0.335 e. The molecule has 12 heteroatoms. The number of nitriles is 1. The molecule has 4 aromatic rings. The lowest BCUT2D eigenvalue weighted by Gasteiger charge is -2.59. The van der Waals surface area contributed by atoms with E-state index >= 15 is 0 Å². The van der Waals surface area contributed by atoms with Gasteiger partial charge in [-0.2, -0.15) is 5.26 Å². The van der Waals surface area contributed by atoms with Crippen molar-refractivity contribution in [3.63, 3.8) is 0 Å². The number of hydrogen-bond acceptors (Lipinski definition) is 9. The van der Waals surface area contributed by atoms with Crippen molar-refractivity contribution >= 4 is 22.9 Å². The monoisotopic (exact) mass is 594 g/mol. The fourth-order valence-electron chi connectivity index (χ4n) is 5.75. The average molecular weight is 595 g/mol. The van der Waals surface area contributed by atoms with Crippen LogP contribution in [-0.4, -0.2) is 67.8 Å². The summed E-state index contributed by atoms with van der Waals surface area (Å²) in [5.74, 6) is 0.936. The van der Waals surface area contributed by atoms with E-state index in [2.05, 4.69) is 26.3 Å². The molecule has 2 aromatic heterocycles. The van der Waals surface area contributed by atoms with Crippen molar-refractivity contribution in [2.24, 2.45) is 5.41 Å². The van der Waals surface area contributed by atoms with Gasteiger partial charge in [-0.25, -0.2) is 14.8 Å². The van der Waals surface area contributed by atoms with E-state index in [9.17, 15) is 14.9 Å². The normalized spacial score (nSPS) is 17.0. The smallest absolute Gasteiger partial charge is 0.335 e. The standard InChI is InChI=1S/C32H34N8O4/c1-21(37-29(41)22(14-33)13-31(2,3)38-16-32(17-38)18-43-19-32)15-39-28-26(27(34)35-20-36-28)40(30(39)42)23-9-11-25(12-10-23)44-24-7-5-4-6-8-24/h4-13,20-21H,15-19H2,1-3H3,(H,37,41)(H2,34,35,36)/t21-/m0/s1. The number of aromatic nitrogens is 4. The minimum absolute atomic E-state index is 0.0202. The number of nitrogens with one attached hydrogen (secondary N) is 1. The van der Waals surface area contributed by atoms with Crippen molar-refractivity contribution in [3.05, 3.63) is 83.1 Å². The summed E-state index contributed by atoms with van der Waals surface area (Å²) < 4.78 is 14.1. The number of amides is 1. The fraction of sp³-hybridized carbons (Fsp3) is 0.344. The topological polar surface area (TPSA) is 153 Å². The Morgan fingerprint density at radius 2 is 1.84 bits per heavy atom. The molecule has 1 amide bonds. The molecule has 4 heterocycles. The van der Waals surface area contributed by atoms with Crippen LogP contribution in [0.4, 0.5) is 5.82 Å². The molecule has 2 aromatic carbocycles. The van der Waals surface area contributed by atoms with Gasteiger partial charge in [0.15, 0.2) is 11.5 Å². The third-order valence-corrected chi connectivity index (χ3v) is 8.19. The number of nitrogen functional groups attached to an aromatic ring is 1. The van der Waals surface area contributed by atoms with Gasteiger partial charge >= 0.3 is 5.69 Å². The van der Waals surface area contributed by atoms with E-state index in [4.69, 9.17) is 15.2 Å². The predicted octanol–water partition coefficient (Wildman–Crippen LogP) is 3.02. The van der Waals surface area contributed by atoms with Crippen LogP contribution in [0.2, 0.25) is 0 Å². The molecule has 0 radical (unpaired) electrons. The SMILES string of the molecule is C[C@@H](Cn1c(=O)n(-c2ccc(Oc3ccccc3)cc2)c2c(N)ncnc21)NC(=O)C(C#N)=CC(C)(C)N1CC2(COC2)C1. The number of benzene rings is 2. The Morgan fingerprint density at radius 3 is 2.48 bits per heavy atom. The van der Waals surface area contributed by atoms with Crippen molar-refractivity contribution in [3.8, 4) is 23.3 Å². The molecule has 6 rings (SSSR count). The van der Waals surface area contributed by atoms with Gasteiger partial charge in [0, 0.05) is 36.6 Å². The first-order chi connectivity index (χ1) is 21.1. The minimum atomic E-state index is -0.517. The van der Waals surface area contributed by atoms with Crippen LogP contribution in [-0.2, 0) is 16.1 Å². The summed E-state index contributed by atoms with van der Waals surface area (Å²) in [5, 5.41) is 12.7. The van der Waals surface area contributed by atoms with E-state index in [1.54, 1.807) is 37.3 Å². The van der Waals surface area contributed by atoms with Gasteiger partial charge in [0.05, 0.1) is 18.9 Å². The van der Waals surface area contributed by atoms with Gasteiger partial charge in [-0.1, -0.05) is 18.2 Å². The molecule has 0 aliphatic carbocycles. The molecule has 0 bridgehead atoms. The minimum Gasteiger partial charge on any atom is -0.457 e. The van der Waals surface area contributed by atoms with Crippen LogP contribution in [0, 0.1) is 16.7 Å². The first-order valence-electron chi connectivity index (χ1n) is 14.4. The second-order valence-electron chi connectivity index (χ2n) is 12.1. The molecular formula is C32H34N8O4. The third-order valence-electron chi connectivity index (χ3n) is 8.19. The zero-order valence-electron chi connectivity index (χ0n) is 24.9. The highest BCUT2D eigenvalue weighted by atomic mass is 16.5. The van der Waals surface area contributed by atoms with E-state index in [1.807, 2.05) is 44.2 Å². The molecule has 0 unspecified atom stereocenters. The second kappa shape index (κ2) is 11.3. The molecule has 1 spiro atoms. The fourth-order valence-corrected chi connectivity index (χ4v) is 5.75. The van der Waals surface area contributed by atoms with Gasteiger partial charge in [-0.15, -0.1) is 0 Å². The maximum absolute atomic E-state index is 13.8. The van der Waals surface area contributed by atoms with Gasteiger partial charge in [0.1, 0.15) is 35.0 Å². The van der Waals surface area contributed by atoms with Gasteiger partial charge in [-0.05, 0) is 63.2 Å². The zero-order chi connectivity index (χ0) is 31.1. The summed E-state index contributed by atoms with van der Waals surface area (Å²) in [5.41, 5.74) is 6.83. The number of likely N-dealkylation sites (tertiary alicyclic amines) is 1. The van der Waals surface area contributed by atoms with E-state index in [0.29, 0.717) is 28.4 Å². The molecule has 0 saturated carbocycles. The molecule has 2 aliphatic rings. The summed E-state index contributed by atoms with van der Waals surface area (Å²) in [6.45, 7) is 9.10. The number of carbonyl (C=O) groups is 1. The van der Waals surface area contributed by atoms with E-state index < -0.39 is 23.2 Å². The average Bonchev–Trinajstić information content (AvgIpc) is 3.23. The molecule has 3 N–H and O–H groups in total. The number of rotatable bonds is 9. The first kappa shape index (κ1) is 29.1. The largest absolute Gasteiger partial charge is 0.457 e. The highest BCUT2D eigenvalue weighted by Gasteiger charge is 2.52. The molecule has 2 aliphatic heterocycles. The summed E-state index contributed by atoms with van der Waals surface area (Å²) in [6, 6.07) is 18.0. The Morgan fingerprint density at radius 1 is 1.16 bits per heavy atom. The third kappa shape index (κ3) is 5.43. The lowest BCUT2D eigenvalue weighted by atomic mass is 9.75. The van der Waals surface area contributed by atoms with Crippen LogP contribution in [0.1, 0.15) is 20.8 Å². The van der Waals surface area contributed by atoms with Crippen molar-refractivity contribution in [1.29, 1.82) is 5.26 Å². The van der Waals surface area contributed by atoms with E-state index in [1.165, 1.54) is 15.5 Å². The van der Waals surface area contributed by atoms with Crippen molar-refractivity contribution in [2.75, 3.05) is 32.0 Å². The number of nitrogens with two attached hydrogens (primary N) is 1. The Bertz CT molecular complexity index is 1820. The number of imidazole rings is 1.